The van der Waals surface area contributed by atoms with Crippen LogP contribution in [0.15, 0.2) is 49.1 Å². The number of ether oxygens (including phenoxy) is 3. The lowest BCUT2D eigenvalue weighted by molar-refractivity contribution is -0.123. The van der Waals surface area contributed by atoms with Gasteiger partial charge in [-0.05, 0) is 50.6 Å². The van der Waals surface area contributed by atoms with Crippen LogP contribution in [-0.2, 0) is 9.53 Å². The van der Waals surface area contributed by atoms with Crippen molar-refractivity contribution in [1.29, 1.82) is 0 Å². The molecule has 1 amide bonds. The van der Waals surface area contributed by atoms with Crippen LogP contribution >= 0.6 is 0 Å². The van der Waals surface area contributed by atoms with Gasteiger partial charge < -0.3 is 19.5 Å². The summed E-state index contributed by atoms with van der Waals surface area (Å²) in [7, 11) is 1.48. The van der Waals surface area contributed by atoms with Gasteiger partial charge in [0.1, 0.15) is 6.61 Å². The Kier molecular flexibility index (Phi) is 7.21. The van der Waals surface area contributed by atoms with E-state index >= 15 is 0 Å². The van der Waals surface area contributed by atoms with Gasteiger partial charge in [0.2, 0.25) is 0 Å². The third-order valence-corrected chi connectivity index (χ3v) is 4.05. The van der Waals surface area contributed by atoms with E-state index in [1.165, 1.54) is 20.1 Å². The third kappa shape index (κ3) is 5.36. The molecule has 2 aromatic carbocycles. The molecular weight excluding hydrogens is 358 g/mol. The van der Waals surface area contributed by atoms with Gasteiger partial charge in [-0.25, -0.2) is 4.79 Å². The first-order valence-electron chi connectivity index (χ1n) is 8.86. The fraction of sp³-hybridized carbons (Fsp3) is 0.273. The molecular formula is C22H25NO5. The van der Waals surface area contributed by atoms with Crippen LogP contribution in [0.4, 0.5) is 5.69 Å². The highest BCUT2D eigenvalue weighted by Crippen LogP contribution is 2.28. The minimum absolute atomic E-state index is 0.258. The van der Waals surface area contributed by atoms with Crippen LogP contribution in [-0.4, -0.2) is 31.7 Å². The van der Waals surface area contributed by atoms with Gasteiger partial charge in [-0.3, -0.25) is 4.79 Å². The lowest BCUT2D eigenvalue weighted by Crippen LogP contribution is -2.30. The molecule has 0 aliphatic carbocycles. The average molecular weight is 383 g/mol. The number of carbonyl (C=O) groups excluding carboxylic acids is 2. The summed E-state index contributed by atoms with van der Waals surface area (Å²) < 4.78 is 16.0. The fourth-order valence-electron chi connectivity index (χ4n) is 2.53. The molecule has 6 nitrogen and oxygen atoms in total. The van der Waals surface area contributed by atoms with Gasteiger partial charge in [0.15, 0.2) is 17.6 Å². The number of amides is 1. The van der Waals surface area contributed by atoms with Crippen molar-refractivity contribution in [3.05, 3.63) is 65.7 Å². The summed E-state index contributed by atoms with van der Waals surface area (Å²) in [6, 6.07) is 10.4. The second kappa shape index (κ2) is 9.60. The number of aryl methyl sites for hydroxylation is 2. The van der Waals surface area contributed by atoms with E-state index < -0.39 is 18.0 Å². The number of esters is 1. The number of methoxy groups -OCH3 is 1. The predicted molar refractivity (Wildman–Crippen MR) is 108 cm³/mol. The zero-order valence-corrected chi connectivity index (χ0v) is 16.6. The number of nitrogens with one attached hydrogen (secondary N) is 1. The molecule has 28 heavy (non-hydrogen) atoms. The van der Waals surface area contributed by atoms with Gasteiger partial charge in [0, 0.05) is 5.69 Å². The normalized spacial score (nSPS) is 11.3. The predicted octanol–water partition coefficient (Wildman–Crippen LogP) is 4.06. The topological polar surface area (TPSA) is 73.9 Å². The van der Waals surface area contributed by atoms with Gasteiger partial charge >= 0.3 is 5.97 Å². The highest BCUT2D eigenvalue weighted by molar-refractivity contribution is 5.98. The SMILES string of the molecule is C=CCOc1ccc(C(=O)OC(C)C(=O)Nc2ccc(C)cc2C)cc1OC. The monoisotopic (exact) mass is 383 g/mol. The zero-order chi connectivity index (χ0) is 20.7. The second-order valence-electron chi connectivity index (χ2n) is 6.32. The molecule has 0 radical (unpaired) electrons. The maximum atomic E-state index is 12.4. The molecule has 1 atom stereocenters. The van der Waals surface area contributed by atoms with Crippen LogP contribution in [0, 0.1) is 13.8 Å². The summed E-state index contributed by atoms with van der Waals surface area (Å²) in [4.78, 5) is 24.8. The minimum Gasteiger partial charge on any atom is -0.493 e. The van der Waals surface area contributed by atoms with E-state index in [0.717, 1.165) is 11.1 Å². The first-order valence-corrected chi connectivity index (χ1v) is 8.86. The molecule has 148 valence electrons. The highest BCUT2D eigenvalue weighted by Gasteiger charge is 2.20. The van der Waals surface area contributed by atoms with E-state index in [1.807, 2.05) is 32.0 Å². The quantitative estimate of drug-likeness (QED) is 0.550. The molecule has 0 heterocycles. The number of hydrogen-bond donors (Lipinski definition) is 1. The lowest BCUT2D eigenvalue weighted by atomic mass is 10.1. The molecule has 0 aromatic heterocycles. The summed E-state index contributed by atoms with van der Waals surface area (Å²) in [5, 5.41) is 2.78. The zero-order valence-electron chi connectivity index (χ0n) is 16.6. The Labute approximate surface area is 165 Å². The summed E-state index contributed by atoms with van der Waals surface area (Å²) in [5.41, 5.74) is 2.98. The van der Waals surface area contributed by atoms with Crippen molar-refractivity contribution in [3.63, 3.8) is 0 Å². The Morgan fingerprint density at radius 2 is 1.89 bits per heavy atom. The second-order valence-corrected chi connectivity index (χ2v) is 6.32. The summed E-state index contributed by atoms with van der Waals surface area (Å²) in [6.07, 6.45) is 0.647. The smallest absolute Gasteiger partial charge is 0.339 e. The van der Waals surface area contributed by atoms with Gasteiger partial charge in [-0.2, -0.15) is 0 Å². The van der Waals surface area contributed by atoms with Crippen molar-refractivity contribution in [3.8, 4) is 11.5 Å². The molecule has 0 aliphatic heterocycles. The fourth-order valence-corrected chi connectivity index (χ4v) is 2.53. The Bertz CT molecular complexity index is 875. The van der Waals surface area contributed by atoms with Crippen LogP contribution in [0.2, 0.25) is 0 Å². The number of anilines is 1. The Morgan fingerprint density at radius 1 is 1.14 bits per heavy atom. The molecule has 2 rings (SSSR count). The standard InChI is InChI=1S/C22H25NO5/c1-6-11-27-19-10-8-17(13-20(19)26-5)22(25)28-16(4)21(24)23-18-9-7-14(2)12-15(18)3/h6-10,12-13,16H,1,11H2,2-5H3,(H,23,24). The highest BCUT2D eigenvalue weighted by atomic mass is 16.5. The summed E-state index contributed by atoms with van der Waals surface area (Å²) in [5.74, 6) is -0.154. The van der Waals surface area contributed by atoms with E-state index in [2.05, 4.69) is 11.9 Å². The molecule has 0 spiro atoms. The molecule has 0 fully saturated rings. The van der Waals surface area contributed by atoms with Gasteiger partial charge in [0.05, 0.1) is 12.7 Å². The molecule has 0 saturated carbocycles. The molecule has 1 N–H and O–H groups in total. The number of hydrogen-bond acceptors (Lipinski definition) is 5. The van der Waals surface area contributed by atoms with Gasteiger partial charge in [-0.1, -0.05) is 30.4 Å². The van der Waals surface area contributed by atoms with E-state index in [9.17, 15) is 9.59 Å². The number of carbonyl (C=O) groups is 2. The molecule has 0 bridgehead atoms. The van der Waals surface area contributed by atoms with E-state index in [1.54, 1.807) is 18.2 Å². The largest absolute Gasteiger partial charge is 0.493 e. The molecule has 0 aliphatic rings. The molecule has 2 aromatic rings. The molecule has 6 heteroatoms. The van der Waals surface area contributed by atoms with E-state index in [0.29, 0.717) is 23.8 Å². The van der Waals surface area contributed by atoms with Crippen LogP contribution in [0.1, 0.15) is 28.4 Å². The number of rotatable bonds is 8. The summed E-state index contributed by atoms with van der Waals surface area (Å²) >= 11 is 0. The Hall–Kier alpha value is -3.28. The van der Waals surface area contributed by atoms with Crippen molar-refractivity contribution >= 4 is 17.6 Å². The first kappa shape index (κ1) is 21.0. The van der Waals surface area contributed by atoms with Crippen LogP contribution in [0.3, 0.4) is 0 Å². The van der Waals surface area contributed by atoms with Gasteiger partial charge in [0.25, 0.3) is 5.91 Å². The Morgan fingerprint density at radius 3 is 2.54 bits per heavy atom. The minimum atomic E-state index is -0.962. The van der Waals surface area contributed by atoms with E-state index in [4.69, 9.17) is 14.2 Å². The molecule has 1 unspecified atom stereocenters. The Balaban J connectivity index is 2.04. The third-order valence-electron chi connectivity index (χ3n) is 4.05. The van der Waals surface area contributed by atoms with Crippen LogP contribution in [0.25, 0.3) is 0 Å². The van der Waals surface area contributed by atoms with Crippen LogP contribution in [0.5, 0.6) is 11.5 Å². The van der Waals surface area contributed by atoms with Crippen LogP contribution < -0.4 is 14.8 Å². The van der Waals surface area contributed by atoms with Crippen molar-refractivity contribution in [1.82, 2.24) is 0 Å². The maximum absolute atomic E-state index is 12.4. The maximum Gasteiger partial charge on any atom is 0.339 e. The van der Waals surface area contributed by atoms with Crippen molar-refractivity contribution < 1.29 is 23.8 Å². The molecule has 0 saturated heterocycles. The van der Waals surface area contributed by atoms with E-state index in [-0.39, 0.29) is 5.56 Å². The van der Waals surface area contributed by atoms with Crippen molar-refractivity contribution in [2.45, 2.75) is 26.9 Å². The van der Waals surface area contributed by atoms with Crippen molar-refractivity contribution in [2.75, 3.05) is 19.0 Å². The average Bonchev–Trinajstić information content (AvgIpc) is 2.68. The number of benzene rings is 2. The lowest BCUT2D eigenvalue weighted by Gasteiger charge is -2.16. The summed E-state index contributed by atoms with van der Waals surface area (Å²) in [6.45, 7) is 9.31. The first-order chi connectivity index (χ1) is 13.3. The van der Waals surface area contributed by atoms with Gasteiger partial charge in [-0.15, -0.1) is 0 Å². The van der Waals surface area contributed by atoms with Crippen molar-refractivity contribution in [2.24, 2.45) is 0 Å².